The number of carbonyl (C=O) groups is 2. The van der Waals surface area contributed by atoms with Gasteiger partial charge in [0.15, 0.2) is 0 Å². The van der Waals surface area contributed by atoms with E-state index in [1.54, 1.807) is 11.8 Å². The van der Waals surface area contributed by atoms with Crippen molar-refractivity contribution in [3.63, 3.8) is 0 Å². The minimum atomic E-state index is -0.401. The number of piperidine rings is 1. The van der Waals surface area contributed by atoms with Crippen LogP contribution in [0.15, 0.2) is 22.7 Å². The van der Waals surface area contributed by atoms with Gasteiger partial charge in [0.05, 0.1) is 18.1 Å². The molecule has 1 fully saturated rings. The van der Waals surface area contributed by atoms with Crippen molar-refractivity contribution in [1.82, 2.24) is 4.90 Å². The van der Waals surface area contributed by atoms with Crippen LogP contribution in [0.2, 0.25) is 0 Å². The standard InChI is InChI=1S/C15H17BrFNO3/c1-2-21-15(20)10-4-3-7-18(9-10)14(19)12-6-5-11(17)8-13(12)16/h5-6,8,10H,2-4,7,9H2,1H3. The van der Waals surface area contributed by atoms with Gasteiger partial charge in [-0.2, -0.15) is 0 Å². The van der Waals surface area contributed by atoms with Crippen LogP contribution >= 0.6 is 15.9 Å². The average molecular weight is 358 g/mol. The van der Waals surface area contributed by atoms with Gasteiger partial charge in [-0.3, -0.25) is 9.59 Å². The van der Waals surface area contributed by atoms with Gasteiger partial charge in [0.25, 0.3) is 5.91 Å². The number of ether oxygens (including phenoxy) is 1. The van der Waals surface area contributed by atoms with Crippen LogP contribution < -0.4 is 0 Å². The van der Waals surface area contributed by atoms with Crippen molar-refractivity contribution in [2.24, 2.45) is 5.92 Å². The Labute approximate surface area is 131 Å². The Bertz CT molecular complexity index is 550. The van der Waals surface area contributed by atoms with Crippen molar-refractivity contribution in [2.75, 3.05) is 19.7 Å². The summed E-state index contributed by atoms with van der Waals surface area (Å²) in [4.78, 5) is 25.9. The maximum atomic E-state index is 13.1. The third-order valence-corrected chi connectivity index (χ3v) is 4.15. The fourth-order valence-electron chi connectivity index (χ4n) is 2.45. The van der Waals surface area contributed by atoms with Gasteiger partial charge < -0.3 is 9.64 Å². The Balaban J connectivity index is 2.10. The molecule has 0 aromatic heterocycles. The molecular weight excluding hydrogens is 341 g/mol. The molecule has 0 saturated carbocycles. The van der Waals surface area contributed by atoms with E-state index < -0.39 is 5.82 Å². The number of esters is 1. The topological polar surface area (TPSA) is 46.6 Å². The van der Waals surface area contributed by atoms with Gasteiger partial charge in [-0.25, -0.2) is 4.39 Å². The molecule has 21 heavy (non-hydrogen) atoms. The highest BCUT2D eigenvalue weighted by Crippen LogP contribution is 2.24. The number of hydrogen-bond acceptors (Lipinski definition) is 3. The number of carbonyl (C=O) groups excluding carboxylic acids is 2. The molecule has 114 valence electrons. The summed E-state index contributed by atoms with van der Waals surface area (Å²) < 4.78 is 18.5. The summed E-state index contributed by atoms with van der Waals surface area (Å²) in [6.45, 7) is 3.05. The van der Waals surface area contributed by atoms with Crippen LogP contribution in [0.25, 0.3) is 0 Å². The molecule has 0 bridgehead atoms. The van der Waals surface area contributed by atoms with Gasteiger partial charge >= 0.3 is 5.97 Å². The van der Waals surface area contributed by atoms with Gasteiger partial charge in [0.1, 0.15) is 5.82 Å². The molecule has 1 unspecified atom stereocenters. The molecule has 1 atom stereocenters. The fourth-order valence-corrected chi connectivity index (χ4v) is 2.97. The summed E-state index contributed by atoms with van der Waals surface area (Å²) in [5.74, 6) is -1.13. The number of likely N-dealkylation sites (tertiary alicyclic amines) is 1. The normalized spacial score (nSPS) is 18.4. The molecule has 2 rings (SSSR count). The molecule has 0 radical (unpaired) electrons. The average Bonchev–Trinajstić information content (AvgIpc) is 2.47. The van der Waals surface area contributed by atoms with E-state index in [0.29, 0.717) is 29.7 Å². The predicted octanol–water partition coefficient (Wildman–Crippen LogP) is 3.00. The van der Waals surface area contributed by atoms with E-state index >= 15 is 0 Å². The molecule has 1 aliphatic heterocycles. The Hall–Kier alpha value is -1.43. The lowest BCUT2D eigenvalue weighted by Gasteiger charge is -2.31. The third-order valence-electron chi connectivity index (χ3n) is 3.49. The molecule has 1 heterocycles. The summed E-state index contributed by atoms with van der Waals surface area (Å²) >= 11 is 3.20. The van der Waals surface area contributed by atoms with Crippen LogP contribution in [0.3, 0.4) is 0 Å². The highest BCUT2D eigenvalue weighted by Gasteiger charge is 2.30. The molecule has 0 spiro atoms. The van der Waals surface area contributed by atoms with E-state index in [4.69, 9.17) is 4.74 Å². The quantitative estimate of drug-likeness (QED) is 0.781. The predicted molar refractivity (Wildman–Crippen MR) is 79.4 cm³/mol. The lowest BCUT2D eigenvalue weighted by Crippen LogP contribution is -2.42. The fraction of sp³-hybridized carbons (Fsp3) is 0.467. The van der Waals surface area contributed by atoms with Gasteiger partial charge in [-0.05, 0) is 53.9 Å². The first-order chi connectivity index (χ1) is 10.0. The van der Waals surface area contributed by atoms with Gasteiger partial charge in [-0.1, -0.05) is 0 Å². The zero-order valence-corrected chi connectivity index (χ0v) is 13.4. The van der Waals surface area contributed by atoms with E-state index in [0.717, 1.165) is 12.8 Å². The zero-order chi connectivity index (χ0) is 15.4. The van der Waals surface area contributed by atoms with Gasteiger partial charge in [-0.15, -0.1) is 0 Å². The first-order valence-electron chi connectivity index (χ1n) is 6.94. The van der Waals surface area contributed by atoms with Crippen molar-refractivity contribution in [1.29, 1.82) is 0 Å². The van der Waals surface area contributed by atoms with Crippen LogP contribution in [0.4, 0.5) is 4.39 Å². The van der Waals surface area contributed by atoms with E-state index in [-0.39, 0.29) is 17.8 Å². The number of hydrogen-bond donors (Lipinski definition) is 0. The first kappa shape index (κ1) is 15.9. The van der Waals surface area contributed by atoms with Crippen LogP contribution in [0.5, 0.6) is 0 Å². The molecule has 4 nitrogen and oxygen atoms in total. The lowest BCUT2D eigenvalue weighted by atomic mass is 9.97. The Morgan fingerprint density at radius 3 is 2.90 bits per heavy atom. The van der Waals surface area contributed by atoms with Crippen molar-refractivity contribution in [3.05, 3.63) is 34.1 Å². The molecule has 0 aliphatic carbocycles. The van der Waals surface area contributed by atoms with Crippen molar-refractivity contribution in [2.45, 2.75) is 19.8 Å². The number of rotatable bonds is 3. The van der Waals surface area contributed by atoms with Crippen molar-refractivity contribution >= 4 is 27.8 Å². The SMILES string of the molecule is CCOC(=O)C1CCCN(C(=O)c2ccc(F)cc2Br)C1. The van der Waals surface area contributed by atoms with E-state index in [1.165, 1.54) is 18.2 Å². The largest absolute Gasteiger partial charge is 0.466 e. The van der Waals surface area contributed by atoms with Gasteiger partial charge in [0, 0.05) is 17.6 Å². The van der Waals surface area contributed by atoms with Crippen molar-refractivity contribution < 1.29 is 18.7 Å². The molecule has 1 aliphatic rings. The van der Waals surface area contributed by atoms with E-state index in [9.17, 15) is 14.0 Å². The van der Waals surface area contributed by atoms with E-state index in [2.05, 4.69) is 15.9 Å². The number of nitrogens with zero attached hydrogens (tertiary/aromatic N) is 1. The van der Waals surface area contributed by atoms with Crippen LogP contribution in [-0.4, -0.2) is 36.5 Å². The Morgan fingerprint density at radius 1 is 1.48 bits per heavy atom. The molecule has 1 amide bonds. The molecule has 0 N–H and O–H groups in total. The van der Waals surface area contributed by atoms with Crippen molar-refractivity contribution in [3.8, 4) is 0 Å². The number of amides is 1. The minimum absolute atomic E-state index is 0.198. The highest BCUT2D eigenvalue weighted by atomic mass is 79.9. The molecule has 6 heteroatoms. The monoisotopic (exact) mass is 357 g/mol. The summed E-state index contributed by atoms with van der Waals surface area (Å²) in [6, 6.07) is 3.97. The molecular formula is C15H17BrFNO3. The maximum absolute atomic E-state index is 13.1. The molecule has 1 aromatic rings. The second kappa shape index (κ2) is 7.02. The number of halogens is 2. The lowest BCUT2D eigenvalue weighted by molar-refractivity contribution is -0.149. The third kappa shape index (κ3) is 3.81. The van der Waals surface area contributed by atoms with Gasteiger partial charge in [0.2, 0.25) is 0 Å². The number of benzene rings is 1. The highest BCUT2D eigenvalue weighted by molar-refractivity contribution is 9.10. The second-order valence-electron chi connectivity index (χ2n) is 4.97. The first-order valence-corrected chi connectivity index (χ1v) is 7.73. The molecule has 1 aromatic carbocycles. The molecule has 1 saturated heterocycles. The maximum Gasteiger partial charge on any atom is 0.310 e. The minimum Gasteiger partial charge on any atom is -0.466 e. The summed E-state index contributed by atoms with van der Waals surface area (Å²) in [6.07, 6.45) is 1.49. The summed E-state index contributed by atoms with van der Waals surface area (Å²) in [5.41, 5.74) is 0.404. The smallest absolute Gasteiger partial charge is 0.310 e. The summed E-state index contributed by atoms with van der Waals surface area (Å²) in [5, 5.41) is 0. The van der Waals surface area contributed by atoms with Crippen LogP contribution in [0.1, 0.15) is 30.1 Å². The van der Waals surface area contributed by atoms with Crippen LogP contribution in [0, 0.1) is 11.7 Å². The summed E-state index contributed by atoms with van der Waals surface area (Å²) in [7, 11) is 0. The zero-order valence-electron chi connectivity index (χ0n) is 11.8. The Morgan fingerprint density at radius 2 is 2.24 bits per heavy atom. The van der Waals surface area contributed by atoms with E-state index in [1.807, 2.05) is 0 Å². The van der Waals surface area contributed by atoms with Crippen LogP contribution in [-0.2, 0) is 9.53 Å². The second-order valence-corrected chi connectivity index (χ2v) is 5.82. The Kier molecular flexibility index (Phi) is 5.33.